The van der Waals surface area contributed by atoms with Gasteiger partial charge in [0.15, 0.2) is 0 Å². The second-order valence-corrected chi connectivity index (χ2v) is 4.07. The summed E-state index contributed by atoms with van der Waals surface area (Å²) in [6, 6.07) is 5.51. The van der Waals surface area contributed by atoms with Gasteiger partial charge in [-0.3, -0.25) is 4.79 Å². The van der Waals surface area contributed by atoms with Crippen LogP contribution in [0.2, 0.25) is 0 Å². The maximum absolute atomic E-state index is 11.8. The number of amides is 1. The molecule has 0 unspecified atom stereocenters. The molecule has 0 spiro atoms. The van der Waals surface area contributed by atoms with Crippen LogP contribution in [0.5, 0.6) is 0 Å². The highest BCUT2D eigenvalue weighted by atomic mass is 16.5. The van der Waals surface area contributed by atoms with Crippen LogP contribution in [0, 0.1) is 0 Å². The van der Waals surface area contributed by atoms with E-state index in [1.54, 1.807) is 6.07 Å². The average Bonchev–Trinajstić information content (AvgIpc) is 2.85. The second kappa shape index (κ2) is 5.50. The minimum atomic E-state index is -0.171. The van der Waals surface area contributed by atoms with Crippen LogP contribution in [0.25, 0.3) is 0 Å². The number of ether oxygens (including phenoxy) is 1. The Hall–Kier alpha value is -2.08. The van der Waals surface area contributed by atoms with Crippen molar-refractivity contribution >= 4 is 11.7 Å². The number of hydrogen-bond acceptors (Lipinski definition) is 4. The Morgan fingerprint density at radius 2 is 2.22 bits per heavy atom. The number of hydrogen-bond donors (Lipinski definition) is 3. The smallest absolute Gasteiger partial charge is 0.251 e. The molecule has 96 valence electrons. The fourth-order valence-electron chi connectivity index (χ4n) is 1.77. The van der Waals surface area contributed by atoms with Gasteiger partial charge in [0.1, 0.15) is 5.84 Å². The molecule has 0 atom stereocenters. The maximum Gasteiger partial charge on any atom is 0.251 e. The first kappa shape index (κ1) is 12.4. The molecule has 0 saturated carbocycles. The highest BCUT2D eigenvalue weighted by Gasteiger charge is 2.14. The Morgan fingerprint density at radius 1 is 1.44 bits per heavy atom. The minimum Gasteiger partial charge on any atom is -0.409 e. The number of nitrogens with zero attached hydrogens (tertiary/aromatic N) is 1. The van der Waals surface area contributed by atoms with E-state index in [1.165, 1.54) is 0 Å². The first-order valence-electron chi connectivity index (χ1n) is 5.65. The second-order valence-electron chi connectivity index (χ2n) is 4.07. The van der Waals surface area contributed by atoms with E-state index in [0.717, 1.165) is 11.1 Å². The lowest BCUT2D eigenvalue weighted by molar-refractivity contribution is 0.0954. The Morgan fingerprint density at radius 3 is 3.00 bits per heavy atom. The SMILES string of the molecule is NC(CCNC(=O)c1ccc2c(c1)COC2)=NO. The van der Waals surface area contributed by atoms with Gasteiger partial charge in [-0.15, -0.1) is 0 Å². The Bertz CT molecular complexity index is 485. The van der Waals surface area contributed by atoms with E-state index in [-0.39, 0.29) is 11.7 Å². The molecule has 0 fully saturated rings. The molecule has 0 aromatic heterocycles. The molecule has 1 heterocycles. The van der Waals surface area contributed by atoms with Crippen LogP contribution in [-0.2, 0) is 18.0 Å². The molecule has 18 heavy (non-hydrogen) atoms. The van der Waals surface area contributed by atoms with Crippen molar-refractivity contribution in [2.75, 3.05) is 6.54 Å². The van der Waals surface area contributed by atoms with Crippen LogP contribution in [0.15, 0.2) is 23.4 Å². The lowest BCUT2D eigenvalue weighted by Gasteiger charge is -2.06. The molecule has 0 aliphatic carbocycles. The van der Waals surface area contributed by atoms with Gasteiger partial charge in [0.25, 0.3) is 5.91 Å². The monoisotopic (exact) mass is 249 g/mol. The predicted octanol–water partition coefficient (Wildman–Crippen LogP) is 0.583. The van der Waals surface area contributed by atoms with Crippen LogP contribution in [0.1, 0.15) is 27.9 Å². The molecule has 0 saturated heterocycles. The summed E-state index contributed by atoms with van der Waals surface area (Å²) in [7, 11) is 0. The average molecular weight is 249 g/mol. The van der Waals surface area contributed by atoms with Gasteiger partial charge in [0, 0.05) is 18.5 Å². The number of carbonyl (C=O) groups excluding carboxylic acids is 1. The van der Waals surface area contributed by atoms with Gasteiger partial charge < -0.3 is 21.0 Å². The molecular formula is C12H15N3O3. The molecule has 4 N–H and O–H groups in total. The summed E-state index contributed by atoms with van der Waals surface area (Å²) in [4.78, 5) is 11.8. The van der Waals surface area contributed by atoms with Crippen molar-refractivity contribution in [3.8, 4) is 0 Å². The zero-order chi connectivity index (χ0) is 13.0. The fraction of sp³-hybridized carbons (Fsp3) is 0.333. The van der Waals surface area contributed by atoms with Gasteiger partial charge >= 0.3 is 0 Å². The van der Waals surface area contributed by atoms with E-state index < -0.39 is 0 Å². The summed E-state index contributed by atoms with van der Waals surface area (Å²) in [6.07, 6.45) is 0.316. The fourth-order valence-corrected chi connectivity index (χ4v) is 1.77. The van der Waals surface area contributed by atoms with Crippen molar-refractivity contribution in [1.82, 2.24) is 5.32 Å². The third-order valence-corrected chi connectivity index (χ3v) is 2.78. The highest BCUT2D eigenvalue weighted by molar-refractivity contribution is 5.94. The molecule has 1 aromatic rings. The topological polar surface area (TPSA) is 96.9 Å². The van der Waals surface area contributed by atoms with E-state index in [0.29, 0.717) is 31.7 Å². The van der Waals surface area contributed by atoms with Crippen molar-refractivity contribution in [2.24, 2.45) is 10.9 Å². The van der Waals surface area contributed by atoms with Crippen molar-refractivity contribution in [1.29, 1.82) is 0 Å². The number of fused-ring (bicyclic) bond motifs is 1. The van der Waals surface area contributed by atoms with E-state index in [2.05, 4.69) is 10.5 Å². The molecule has 1 amide bonds. The van der Waals surface area contributed by atoms with Gasteiger partial charge in [-0.05, 0) is 23.3 Å². The number of oxime groups is 1. The van der Waals surface area contributed by atoms with Crippen molar-refractivity contribution < 1.29 is 14.7 Å². The quantitative estimate of drug-likeness (QED) is 0.315. The molecule has 6 nitrogen and oxygen atoms in total. The Labute approximate surface area is 104 Å². The third-order valence-electron chi connectivity index (χ3n) is 2.78. The summed E-state index contributed by atoms with van der Waals surface area (Å²) in [5.74, 6) is -0.0758. The molecular weight excluding hydrogens is 234 g/mol. The first-order chi connectivity index (χ1) is 8.70. The summed E-state index contributed by atoms with van der Waals surface area (Å²) in [5, 5.41) is 13.9. The van der Waals surface area contributed by atoms with Crippen LogP contribution in [0.4, 0.5) is 0 Å². The summed E-state index contributed by atoms with van der Waals surface area (Å²) in [6.45, 7) is 1.50. The van der Waals surface area contributed by atoms with Gasteiger partial charge in [0.2, 0.25) is 0 Å². The van der Waals surface area contributed by atoms with Gasteiger partial charge in [-0.2, -0.15) is 0 Å². The van der Waals surface area contributed by atoms with Gasteiger partial charge in [-0.1, -0.05) is 11.2 Å². The standard InChI is InChI=1S/C12H15N3O3/c13-11(15-17)3-4-14-12(16)8-1-2-9-6-18-7-10(9)5-8/h1-2,5,17H,3-4,6-7H2,(H2,13,15)(H,14,16). The summed E-state index contributed by atoms with van der Waals surface area (Å²) in [5.41, 5.74) is 8.08. The van der Waals surface area contributed by atoms with Crippen molar-refractivity contribution in [2.45, 2.75) is 19.6 Å². The van der Waals surface area contributed by atoms with Crippen molar-refractivity contribution in [3.05, 3.63) is 34.9 Å². The number of nitrogens with one attached hydrogen (secondary N) is 1. The van der Waals surface area contributed by atoms with E-state index >= 15 is 0 Å². The Kier molecular flexibility index (Phi) is 3.78. The zero-order valence-electron chi connectivity index (χ0n) is 9.85. The lowest BCUT2D eigenvalue weighted by Crippen LogP contribution is -2.28. The molecule has 1 aromatic carbocycles. The van der Waals surface area contributed by atoms with Crippen molar-refractivity contribution in [3.63, 3.8) is 0 Å². The first-order valence-corrected chi connectivity index (χ1v) is 5.65. The predicted molar refractivity (Wildman–Crippen MR) is 65.3 cm³/mol. The maximum atomic E-state index is 11.8. The summed E-state index contributed by atoms with van der Waals surface area (Å²) >= 11 is 0. The molecule has 1 aliphatic rings. The zero-order valence-corrected chi connectivity index (χ0v) is 9.85. The number of nitrogens with two attached hydrogens (primary N) is 1. The molecule has 0 radical (unpaired) electrons. The van der Waals surface area contributed by atoms with E-state index in [9.17, 15) is 4.79 Å². The molecule has 6 heteroatoms. The lowest BCUT2D eigenvalue weighted by atomic mass is 10.1. The highest BCUT2D eigenvalue weighted by Crippen LogP contribution is 2.20. The third kappa shape index (κ3) is 2.78. The number of amidine groups is 1. The van der Waals surface area contributed by atoms with Gasteiger partial charge in [0.05, 0.1) is 13.2 Å². The van der Waals surface area contributed by atoms with Gasteiger partial charge in [-0.25, -0.2) is 0 Å². The normalized spacial score (nSPS) is 14.3. The molecule has 1 aliphatic heterocycles. The van der Waals surface area contributed by atoms with Crippen LogP contribution >= 0.6 is 0 Å². The van der Waals surface area contributed by atoms with Crippen LogP contribution in [0.3, 0.4) is 0 Å². The molecule has 0 bridgehead atoms. The van der Waals surface area contributed by atoms with Crippen LogP contribution < -0.4 is 11.1 Å². The van der Waals surface area contributed by atoms with E-state index in [1.807, 2.05) is 12.1 Å². The Balaban J connectivity index is 1.93. The number of benzene rings is 1. The van der Waals surface area contributed by atoms with E-state index in [4.69, 9.17) is 15.7 Å². The van der Waals surface area contributed by atoms with Crippen LogP contribution in [-0.4, -0.2) is 23.5 Å². The number of carbonyl (C=O) groups is 1. The summed E-state index contributed by atoms with van der Waals surface area (Å²) < 4.78 is 5.29. The number of rotatable bonds is 4. The minimum absolute atomic E-state index is 0.0950. The molecule has 2 rings (SSSR count). The largest absolute Gasteiger partial charge is 0.409 e.